The molecule has 2 aliphatic heterocycles. The number of nitrogens with one attached hydrogen (secondary N) is 1. The van der Waals surface area contributed by atoms with Gasteiger partial charge in [-0.3, -0.25) is 0 Å². The summed E-state index contributed by atoms with van der Waals surface area (Å²) in [5.74, 6) is 2.42. The van der Waals surface area contributed by atoms with E-state index in [9.17, 15) is 0 Å². The third-order valence-corrected chi connectivity index (χ3v) is 7.33. The van der Waals surface area contributed by atoms with Crippen molar-refractivity contribution in [2.45, 2.75) is 44.5 Å². The van der Waals surface area contributed by atoms with E-state index in [4.69, 9.17) is 14.8 Å². The van der Waals surface area contributed by atoms with Gasteiger partial charge in [0.15, 0.2) is 5.69 Å². The van der Waals surface area contributed by atoms with Crippen LogP contribution in [-0.4, -0.2) is 43.8 Å². The lowest BCUT2D eigenvalue weighted by molar-refractivity contribution is 0.224. The van der Waals surface area contributed by atoms with Crippen molar-refractivity contribution >= 4 is 23.3 Å². The van der Waals surface area contributed by atoms with Gasteiger partial charge < -0.3 is 15.0 Å². The van der Waals surface area contributed by atoms with E-state index in [2.05, 4.69) is 69.3 Å². The highest BCUT2D eigenvalue weighted by atomic mass is 32.2. The van der Waals surface area contributed by atoms with Crippen LogP contribution in [0, 0.1) is 6.92 Å². The number of hydrogen-bond donors (Lipinski definition) is 1. The molecule has 2 aromatic heterocycles. The first-order valence-electron chi connectivity index (χ1n) is 12.5. The molecule has 6 rings (SSSR count). The van der Waals surface area contributed by atoms with Gasteiger partial charge in [0.25, 0.3) is 0 Å². The first kappa shape index (κ1) is 22.8. The molecule has 2 aromatic carbocycles. The van der Waals surface area contributed by atoms with Crippen molar-refractivity contribution in [3.8, 4) is 22.8 Å². The largest absolute Gasteiger partial charge is 0.447 e. The summed E-state index contributed by atoms with van der Waals surface area (Å²) < 4.78 is 8.72. The van der Waals surface area contributed by atoms with E-state index < -0.39 is 6.23 Å². The van der Waals surface area contributed by atoms with Gasteiger partial charge in [-0.15, -0.1) is 10.2 Å². The number of nitrogens with zero attached hydrogens (tertiary/aromatic N) is 6. The predicted molar refractivity (Wildman–Crippen MR) is 143 cm³/mol. The van der Waals surface area contributed by atoms with Crippen LogP contribution >= 0.6 is 11.8 Å². The fourth-order valence-electron chi connectivity index (χ4n) is 4.96. The Morgan fingerprint density at radius 2 is 1.78 bits per heavy atom. The zero-order chi connectivity index (χ0) is 24.5. The van der Waals surface area contributed by atoms with Gasteiger partial charge in [-0.05, 0) is 50.1 Å². The van der Waals surface area contributed by atoms with Crippen molar-refractivity contribution in [1.29, 1.82) is 0 Å². The first-order valence-corrected chi connectivity index (χ1v) is 13.5. The molecule has 0 unspecified atom stereocenters. The van der Waals surface area contributed by atoms with Gasteiger partial charge in [0.1, 0.15) is 5.82 Å². The van der Waals surface area contributed by atoms with E-state index in [0.29, 0.717) is 16.7 Å². The van der Waals surface area contributed by atoms with Gasteiger partial charge in [-0.1, -0.05) is 55.1 Å². The van der Waals surface area contributed by atoms with Crippen LogP contribution in [0.3, 0.4) is 0 Å². The smallest absolute Gasteiger partial charge is 0.247 e. The van der Waals surface area contributed by atoms with Crippen molar-refractivity contribution < 1.29 is 4.74 Å². The maximum Gasteiger partial charge on any atom is 0.247 e. The minimum absolute atomic E-state index is 0.486. The Bertz CT molecular complexity index is 1370. The summed E-state index contributed by atoms with van der Waals surface area (Å²) >= 11 is 1.55. The van der Waals surface area contributed by atoms with Gasteiger partial charge in [-0.2, -0.15) is 10.1 Å². The minimum atomic E-state index is -0.488. The number of rotatable bonds is 5. The highest BCUT2D eigenvalue weighted by Crippen LogP contribution is 2.43. The molecule has 0 bridgehead atoms. The molecular weight excluding hydrogens is 470 g/mol. The number of benzene rings is 2. The van der Waals surface area contributed by atoms with Crippen LogP contribution in [-0.2, 0) is 0 Å². The Morgan fingerprint density at radius 3 is 2.58 bits per heavy atom. The fourth-order valence-corrected chi connectivity index (χ4v) is 5.47. The number of piperidine rings is 1. The van der Waals surface area contributed by atoms with Crippen molar-refractivity contribution in [2.24, 2.45) is 0 Å². The number of aromatic nitrogens is 5. The number of fused-ring (bicyclic) bond motifs is 3. The Morgan fingerprint density at radius 1 is 1.00 bits per heavy atom. The summed E-state index contributed by atoms with van der Waals surface area (Å²) in [6.45, 7) is 6.12. The van der Waals surface area contributed by atoms with Gasteiger partial charge >= 0.3 is 0 Å². The standard InChI is InChI=1S/C27H29N7OS/c1-3-36-27-29-25-23(30-31-27)20-14-8-9-15-21(20)28-24(35-25)22-18(2)32-34(19-12-6-4-7-13-19)26(22)33-16-10-5-11-17-33/h4,6-9,12-15,24,28H,3,5,10-11,16-17H2,1-2H3/t24-/m1/s1. The molecular formula is C27H29N7OS. The first-order chi connectivity index (χ1) is 17.7. The fraction of sp³-hybridized carbons (Fsp3) is 0.333. The SMILES string of the molecule is CCSc1nnc2c(n1)O[C@H](c1c(C)nn(-c3ccccc3)c1N1CCCCC1)Nc1ccccc1-2. The molecule has 1 atom stereocenters. The number of hydrogen-bond acceptors (Lipinski definition) is 8. The molecule has 36 heavy (non-hydrogen) atoms. The van der Waals surface area contributed by atoms with Crippen LogP contribution in [0.15, 0.2) is 59.8 Å². The monoisotopic (exact) mass is 499 g/mol. The highest BCUT2D eigenvalue weighted by Gasteiger charge is 2.33. The van der Waals surface area contributed by atoms with E-state index in [-0.39, 0.29) is 0 Å². The highest BCUT2D eigenvalue weighted by molar-refractivity contribution is 7.99. The number of anilines is 2. The van der Waals surface area contributed by atoms with E-state index >= 15 is 0 Å². The van der Waals surface area contributed by atoms with Gasteiger partial charge in [0.2, 0.25) is 17.3 Å². The molecule has 0 amide bonds. The van der Waals surface area contributed by atoms with Crippen molar-refractivity contribution in [2.75, 3.05) is 29.1 Å². The van der Waals surface area contributed by atoms with Crippen LogP contribution in [0.25, 0.3) is 16.9 Å². The number of ether oxygens (including phenoxy) is 1. The summed E-state index contributed by atoms with van der Waals surface area (Å²) in [5, 5.41) is 18.1. The Labute approximate surface area is 215 Å². The Kier molecular flexibility index (Phi) is 6.23. The average Bonchev–Trinajstić information content (AvgIpc) is 3.18. The Balaban J connectivity index is 1.52. The Hall–Kier alpha value is -3.59. The maximum atomic E-state index is 6.66. The summed E-state index contributed by atoms with van der Waals surface area (Å²) in [7, 11) is 0. The third kappa shape index (κ3) is 4.17. The van der Waals surface area contributed by atoms with Crippen molar-refractivity contribution in [3.63, 3.8) is 0 Å². The minimum Gasteiger partial charge on any atom is -0.447 e. The topological polar surface area (TPSA) is 81.0 Å². The average molecular weight is 500 g/mol. The lowest BCUT2D eigenvalue weighted by Crippen LogP contribution is -2.33. The zero-order valence-electron chi connectivity index (χ0n) is 20.5. The lowest BCUT2D eigenvalue weighted by atomic mass is 10.1. The molecule has 4 aromatic rings. The van der Waals surface area contributed by atoms with Crippen LogP contribution in [0.1, 0.15) is 43.7 Å². The third-order valence-electron chi connectivity index (χ3n) is 6.61. The number of aryl methyl sites for hydroxylation is 1. The van der Waals surface area contributed by atoms with Crippen molar-refractivity contribution in [1.82, 2.24) is 25.0 Å². The van der Waals surface area contributed by atoms with E-state index in [1.54, 1.807) is 11.8 Å². The van der Waals surface area contributed by atoms with Crippen molar-refractivity contribution in [3.05, 3.63) is 65.9 Å². The van der Waals surface area contributed by atoms with Gasteiger partial charge in [0, 0.05) is 24.3 Å². The second-order valence-electron chi connectivity index (χ2n) is 8.99. The van der Waals surface area contributed by atoms with Crippen LogP contribution < -0.4 is 15.0 Å². The molecule has 4 heterocycles. The zero-order valence-corrected chi connectivity index (χ0v) is 21.3. The molecule has 8 nitrogen and oxygen atoms in total. The number of para-hydroxylation sites is 2. The molecule has 0 aliphatic carbocycles. The second-order valence-corrected chi connectivity index (χ2v) is 10.2. The molecule has 2 aliphatic rings. The molecule has 1 N–H and O–H groups in total. The lowest BCUT2D eigenvalue weighted by Gasteiger charge is -2.31. The molecule has 1 fully saturated rings. The molecule has 0 saturated carbocycles. The van der Waals surface area contributed by atoms with Crippen LogP contribution in [0.5, 0.6) is 5.88 Å². The number of thioether (sulfide) groups is 1. The summed E-state index contributed by atoms with van der Waals surface area (Å²) in [4.78, 5) is 7.21. The summed E-state index contributed by atoms with van der Waals surface area (Å²) in [6, 6.07) is 18.4. The van der Waals surface area contributed by atoms with Crippen LogP contribution in [0.2, 0.25) is 0 Å². The molecule has 1 saturated heterocycles. The van der Waals surface area contributed by atoms with Crippen LogP contribution in [0.4, 0.5) is 11.5 Å². The quantitative estimate of drug-likeness (QED) is 0.354. The maximum absolute atomic E-state index is 6.66. The molecule has 184 valence electrons. The van der Waals surface area contributed by atoms with Gasteiger partial charge in [-0.25, -0.2) is 4.68 Å². The molecule has 0 radical (unpaired) electrons. The van der Waals surface area contributed by atoms with E-state index in [1.165, 1.54) is 6.42 Å². The molecule has 9 heteroatoms. The second kappa shape index (κ2) is 9.81. The predicted octanol–water partition coefficient (Wildman–Crippen LogP) is 5.64. The molecule has 0 spiro atoms. The van der Waals surface area contributed by atoms with E-state index in [0.717, 1.165) is 65.7 Å². The summed E-state index contributed by atoms with van der Waals surface area (Å²) in [6.07, 6.45) is 3.09. The normalized spacial score (nSPS) is 16.9. The van der Waals surface area contributed by atoms with Gasteiger partial charge in [0.05, 0.1) is 16.9 Å². The van der Waals surface area contributed by atoms with E-state index in [1.807, 2.05) is 24.3 Å². The summed E-state index contributed by atoms with van der Waals surface area (Å²) in [5.41, 5.74) is 5.48.